The Morgan fingerprint density at radius 1 is 0.857 bits per heavy atom. The van der Waals surface area contributed by atoms with Gasteiger partial charge in [0.1, 0.15) is 0 Å². The summed E-state index contributed by atoms with van der Waals surface area (Å²) < 4.78 is 5.97. The molecule has 0 saturated heterocycles. The molecule has 0 aromatic heterocycles. The van der Waals surface area contributed by atoms with Crippen LogP contribution in [-0.2, 0) is 20.7 Å². The predicted molar refractivity (Wildman–Crippen MR) is 114 cm³/mol. The topological polar surface area (TPSA) is 84.5 Å². The third-order valence-electron chi connectivity index (χ3n) is 3.93. The van der Waals surface area contributed by atoms with Crippen molar-refractivity contribution < 1.29 is 19.1 Å². The molecule has 0 saturated carbocycles. The molecule has 0 spiro atoms. The Kier molecular flexibility index (Phi) is 9.47. The number of carbonyl (C=O) groups is 3. The van der Waals surface area contributed by atoms with E-state index in [0.717, 1.165) is 16.4 Å². The number of aryl methyl sites for hydroxylation is 1. The van der Waals surface area contributed by atoms with Crippen LogP contribution in [0.1, 0.15) is 41.6 Å². The van der Waals surface area contributed by atoms with Crippen molar-refractivity contribution in [1.29, 1.82) is 0 Å². The summed E-state index contributed by atoms with van der Waals surface area (Å²) in [5, 5.41) is 0. The lowest BCUT2D eigenvalue weighted by Gasteiger charge is -2.08. The number of carbonyl (C=O) groups excluding carboxylic acids is 3. The van der Waals surface area contributed by atoms with Gasteiger partial charge in [-0.2, -0.15) is 0 Å². The van der Waals surface area contributed by atoms with Gasteiger partial charge in [0.15, 0.2) is 0 Å². The van der Waals surface area contributed by atoms with Crippen LogP contribution in [0.25, 0.3) is 0 Å². The molecule has 2 aromatic carbocycles. The minimum Gasteiger partial charge on any atom is -0.466 e. The van der Waals surface area contributed by atoms with Gasteiger partial charge in [-0.15, -0.1) is 0 Å². The maximum Gasteiger partial charge on any atom is 0.305 e. The van der Waals surface area contributed by atoms with Gasteiger partial charge in [0.2, 0.25) is 5.91 Å². The van der Waals surface area contributed by atoms with E-state index in [0.29, 0.717) is 18.6 Å². The summed E-state index contributed by atoms with van der Waals surface area (Å²) in [4.78, 5) is 35.5. The summed E-state index contributed by atoms with van der Waals surface area (Å²) in [6, 6.07) is 17.1. The van der Waals surface area contributed by atoms with E-state index in [1.165, 1.54) is 5.56 Å². The highest BCUT2D eigenvalue weighted by molar-refractivity contribution is 14.1. The van der Waals surface area contributed by atoms with Crippen molar-refractivity contribution in [2.24, 2.45) is 0 Å². The molecule has 0 atom stereocenters. The monoisotopic (exact) mass is 494 g/mol. The Hall–Kier alpha value is -2.42. The third-order valence-corrected chi connectivity index (χ3v) is 4.88. The fraction of sp³-hybridized carbons (Fsp3) is 0.286. The molecule has 7 heteroatoms. The molecule has 0 aliphatic heterocycles. The van der Waals surface area contributed by atoms with Crippen LogP contribution in [0.3, 0.4) is 0 Å². The standard InChI is InChI=1S/C21H23IN2O4/c22-18-12-5-4-11-17(18)21(27)24-23-19(25)13-6-14-20(26)28-15-7-10-16-8-2-1-3-9-16/h1-5,8-9,11-12H,6-7,10,13-15H2,(H,23,25)(H,24,27). The smallest absolute Gasteiger partial charge is 0.305 e. The number of ether oxygens (including phenoxy) is 1. The average molecular weight is 494 g/mol. The maximum absolute atomic E-state index is 12.0. The van der Waals surface area contributed by atoms with Gasteiger partial charge in [-0.25, -0.2) is 0 Å². The van der Waals surface area contributed by atoms with Crippen LogP contribution in [0, 0.1) is 3.57 Å². The second-order valence-electron chi connectivity index (χ2n) is 6.15. The molecule has 2 N–H and O–H groups in total. The van der Waals surface area contributed by atoms with E-state index in [1.54, 1.807) is 12.1 Å². The highest BCUT2D eigenvalue weighted by Gasteiger charge is 2.11. The Labute approximate surface area is 178 Å². The van der Waals surface area contributed by atoms with E-state index in [4.69, 9.17) is 4.74 Å². The number of nitrogens with one attached hydrogen (secondary N) is 2. The third kappa shape index (κ3) is 8.08. The Balaban J connectivity index is 1.54. The number of esters is 1. The Bertz CT molecular complexity index is 796. The van der Waals surface area contributed by atoms with Gasteiger partial charge in [-0.1, -0.05) is 42.5 Å². The van der Waals surface area contributed by atoms with Gasteiger partial charge >= 0.3 is 5.97 Å². The van der Waals surface area contributed by atoms with Crippen LogP contribution < -0.4 is 10.9 Å². The first kappa shape index (κ1) is 21.9. The number of hydrogen-bond acceptors (Lipinski definition) is 4. The van der Waals surface area contributed by atoms with Gasteiger partial charge < -0.3 is 4.74 Å². The zero-order chi connectivity index (χ0) is 20.2. The summed E-state index contributed by atoms with van der Waals surface area (Å²) in [6.07, 6.45) is 2.29. The number of rotatable bonds is 9. The van der Waals surface area contributed by atoms with Crippen molar-refractivity contribution in [3.63, 3.8) is 0 Å². The highest BCUT2D eigenvalue weighted by Crippen LogP contribution is 2.10. The average Bonchev–Trinajstić information content (AvgIpc) is 2.70. The molecule has 0 radical (unpaired) electrons. The van der Waals surface area contributed by atoms with E-state index in [1.807, 2.05) is 42.5 Å². The van der Waals surface area contributed by atoms with Crippen molar-refractivity contribution in [3.8, 4) is 0 Å². The Morgan fingerprint density at radius 3 is 2.32 bits per heavy atom. The SMILES string of the molecule is O=C(CCCC(=O)OCCCc1ccccc1)NNC(=O)c1ccccc1I. The summed E-state index contributed by atoms with van der Waals surface area (Å²) >= 11 is 2.05. The van der Waals surface area contributed by atoms with Crippen LogP contribution in [0.4, 0.5) is 0 Å². The van der Waals surface area contributed by atoms with E-state index < -0.39 is 0 Å². The quantitative estimate of drug-likeness (QED) is 0.242. The largest absolute Gasteiger partial charge is 0.466 e. The number of hydrazine groups is 1. The van der Waals surface area contributed by atoms with Gasteiger partial charge in [0.25, 0.3) is 5.91 Å². The number of halogens is 1. The maximum atomic E-state index is 12.0. The molecular weight excluding hydrogens is 471 g/mol. The van der Waals surface area contributed by atoms with Crippen LogP contribution in [0.2, 0.25) is 0 Å². The second-order valence-corrected chi connectivity index (χ2v) is 7.31. The molecule has 0 heterocycles. The van der Waals surface area contributed by atoms with Crippen LogP contribution in [0.15, 0.2) is 54.6 Å². The fourth-order valence-corrected chi connectivity index (χ4v) is 3.11. The van der Waals surface area contributed by atoms with E-state index in [-0.39, 0.29) is 30.6 Å². The molecule has 2 aromatic rings. The van der Waals surface area contributed by atoms with Crippen molar-refractivity contribution in [2.45, 2.75) is 32.1 Å². The molecule has 0 fully saturated rings. The highest BCUT2D eigenvalue weighted by atomic mass is 127. The van der Waals surface area contributed by atoms with Gasteiger partial charge in [0.05, 0.1) is 12.2 Å². The molecule has 6 nitrogen and oxygen atoms in total. The molecule has 148 valence electrons. The molecule has 2 amide bonds. The van der Waals surface area contributed by atoms with Crippen molar-refractivity contribution in [2.75, 3.05) is 6.61 Å². The lowest BCUT2D eigenvalue weighted by atomic mass is 10.1. The lowest BCUT2D eigenvalue weighted by Crippen LogP contribution is -2.41. The minimum absolute atomic E-state index is 0.130. The number of amides is 2. The Morgan fingerprint density at radius 2 is 1.57 bits per heavy atom. The van der Waals surface area contributed by atoms with Gasteiger partial charge in [-0.3, -0.25) is 25.2 Å². The van der Waals surface area contributed by atoms with Gasteiger partial charge in [-0.05, 0) is 59.5 Å². The fourth-order valence-electron chi connectivity index (χ4n) is 2.47. The molecule has 28 heavy (non-hydrogen) atoms. The minimum atomic E-state index is -0.379. The van der Waals surface area contributed by atoms with E-state index >= 15 is 0 Å². The van der Waals surface area contributed by atoms with Crippen molar-refractivity contribution in [3.05, 3.63) is 69.3 Å². The summed E-state index contributed by atoms with van der Waals surface area (Å²) in [6.45, 7) is 0.367. The summed E-state index contributed by atoms with van der Waals surface area (Å²) in [5.41, 5.74) is 6.43. The first-order valence-corrected chi connectivity index (χ1v) is 10.2. The molecule has 2 rings (SSSR count). The van der Waals surface area contributed by atoms with Crippen molar-refractivity contribution >= 4 is 40.4 Å². The molecule has 0 bridgehead atoms. The molecule has 0 aliphatic carbocycles. The van der Waals surface area contributed by atoms with Crippen LogP contribution in [-0.4, -0.2) is 24.4 Å². The van der Waals surface area contributed by atoms with Crippen molar-refractivity contribution in [1.82, 2.24) is 10.9 Å². The zero-order valence-electron chi connectivity index (χ0n) is 15.4. The second kappa shape index (κ2) is 12.1. The molecular formula is C21H23IN2O4. The molecule has 0 unspecified atom stereocenters. The lowest BCUT2D eigenvalue weighted by molar-refractivity contribution is -0.143. The van der Waals surface area contributed by atoms with Crippen LogP contribution >= 0.6 is 22.6 Å². The molecule has 0 aliphatic rings. The van der Waals surface area contributed by atoms with E-state index in [9.17, 15) is 14.4 Å². The number of benzene rings is 2. The first-order valence-electron chi connectivity index (χ1n) is 9.09. The summed E-state index contributed by atoms with van der Waals surface area (Å²) in [5.74, 6) is -1.05. The van der Waals surface area contributed by atoms with E-state index in [2.05, 4.69) is 33.4 Å². The van der Waals surface area contributed by atoms with Crippen LogP contribution in [0.5, 0.6) is 0 Å². The number of hydrogen-bond donors (Lipinski definition) is 2. The van der Waals surface area contributed by atoms with Gasteiger partial charge in [0, 0.05) is 16.4 Å². The normalized spacial score (nSPS) is 10.2. The summed E-state index contributed by atoms with van der Waals surface area (Å²) in [7, 11) is 0. The zero-order valence-corrected chi connectivity index (χ0v) is 17.6. The predicted octanol–water partition coefficient (Wildman–Crippen LogP) is 3.40. The first-order chi connectivity index (χ1) is 13.6.